The minimum atomic E-state index is 0. The Bertz CT molecular complexity index is 52.8. The van der Waals surface area contributed by atoms with Crippen LogP contribution in [-0.2, 0) is 25.9 Å². The van der Waals surface area contributed by atoms with Crippen molar-refractivity contribution in [3.05, 3.63) is 12.3 Å². The quantitative estimate of drug-likeness (QED) is 0.509. The van der Waals surface area contributed by atoms with Gasteiger partial charge in [0, 0.05) is 21.1 Å². The van der Waals surface area contributed by atoms with Gasteiger partial charge in [0.1, 0.15) is 0 Å². The van der Waals surface area contributed by atoms with E-state index in [1.54, 1.807) is 0 Å². The molecule has 6 heavy (non-hydrogen) atoms. The van der Waals surface area contributed by atoms with Gasteiger partial charge in [-0.05, 0) is 6.29 Å². The van der Waals surface area contributed by atoms with Gasteiger partial charge in [0.15, 0.2) is 0 Å². The number of hydrogen-bond acceptors (Lipinski definition) is 2. The molecule has 0 aromatic rings. The minimum absolute atomic E-state index is 0. The zero-order valence-electron chi connectivity index (χ0n) is 3.05. The van der Waals surface area contributed by atoms with Crippen LogP contribution < -0.4 is 5.73 Å². The Morgan fingerprint density at radius 3 is 2.17 bits per heavy atom. The number of carbonyl (C=O) groups excluding carboxylic acids is 1. The van der Waals surface area contributed by atoms with E-state index in [0.717, 1.165) is 12.3 Å². The van der Waals surface area contributed by atoms with Crippen LogP contribution in [0.3, 0.4) is 0 Å². The van der Waals surface area contributed by atoms with Crippen molar-refractivity contribution in [2.75, 3.05) is 0 Å². The predicted octanol–water partition coefficient (Wildman–Crippen LogP) is -0.434. The van der Waals surface area contributed by atoms with Gasteiger partial charge in [-0.1, -0.05) is 0 Å². The van der Waals surface area contributed by atoms with E-state index in [9.17, 15) is 0 Å². The fourth-order valence-corrected chi connectivity index (χ4v) is 0.0393. The summed E-state index contributed by atoms with van der Waals surface area (Å²) in [6.45, 7) is 0. The standard InChI is InChI=1S/C3H4NO.W/c4-2-1-3-5;/h1-2H,4H2;/q-1;/b2-1-;. The molecule has 0 fully saturated rings. The average Bonchev–Trinajstić information content (AvgIpc) is 1.41. The van der Waals surface area contributed by atoms with Gasteiger partial charge in [0.25, 0.3) is 0 Å². The Morgan fingerprint density at radius 2 is 2.17 bits per heavy atom. The first-order valence-electron chi connectivity index (χ1n) is 1.16. The third-order valence-corrected chi connectivity index (χ3v) is 0.164. The molecule has 0 amide bonds. The van der Waals surface area contributed by atoms with Crippen LogP contribution in [0.4, 0.5) is 0 Å². The maximum Gasteiger partial charge on any atom is 0 e. The molecule has 0 aromatic carbocycles. The van der Waals surface area contributed by atoms with Crippen molar-refractivity contribution >= 4 is 6.29 Å². The van der Waals surface area contributed by atoms with Crippen LogP contribution in [0.1, 0.15) is 0 Å². The zero-order valence-corrected chi connectivity index (χ0v) is 5.98. The molecule has 0 saturated heterocycles. The van der Waals surface area contributed by atoms with E-state index in [1.165, 1.54) is 6.29 Å². The first-order valence-corrected chi connectivity index (χ1v) is 1.16. The monoisotopic (exact) mass is 254 g/mol. The summed E-state index contributed by atoms with van der Waals surface area (Å²) in [4.78, 5) is 9.11. The summed E-state index contributed by atoms with van der Waals surface area (Å²) in [5, 5.41) is 0. The van der Waals surface area contributed by atoms with Crippen molar-refractivity contribution in [1.29, 1.82) is 0 Å². The van der Waals surface area contributed by atoms with E-state index in [4.69, 9.17) is 10.5 Å². The molecule has 3 heteroatoms. The van der Waals surface area contributed by atoms with Crippen molar-refractivity contribution < 1.29 is 25.9 Å². The fraction of sp³-hybridized carbons (Fsp3) is 0. The summed E-state index contributed by atoms with van der Waals surface area (Å²) in [5.41, 5.74) is 4.70. The molecule has 2 N–H and O–H groups in total. The SMILES string of the molecule is N/C=C\[C-]=O.[W]. The van der Waals surface area contributed by atoms with E-state index >= 15 is 0 Å². The predicted molar refractivity (Wildman–Crippen MR) is 19.0 cm³/mol. The van der Waals surface area contributed by atoms with Gasteiger partial charge in [-0.2, -0.15) is 12.3 Å². The molecule has 0 rings (SSSR count). The van der Waals surface area contributed by atoms with Crippen molar-refractivity contribution in [2.45, 2.75) is 0 Å². The molecule has 0 heterocycles. The Morgan fingerprint density at radius 1 is 1.67 bits per heavy atom. The number of allylic oxidation sites excluding steroid dienone is 1. The van der Waals surface area contributed by atoms with Crippen molar-refractivity contribution in [3.8, 4) is 0 Å². The molecule has 0 atom stereocenters. The van der Waals surface area contributed by atoms with Crippen LogP contribution in [0.15, 0.2) is 12.3 Å². The molecule has 0 aliphatic rings. The Labute approximate surface area is 50.7 Å². The third kappa shape index (κ3) is 9.09. The van der Waals surface area contributed by atoms with E-state index in [2.05, 4.69) is 0 Å². The molecule has 0 aromatic heterocycles. The van der Waals surface area contributed by atoms with Gasteiger partial charge in [-0.25, -0.2) is 0 Å². The number of hydrogen-bond donors (Lipinski definition) is 1. The maximum absolute atomic E-state index is 9.11. The second kappa shape index (κ2) is 8.86. The molecule has 0 aliphatic carbocycles. The molecular formula is C3H4NOW-. The molecule has 0 aliphatic heterocycles. The molecule has 0 unspecified atom stereocenters. The number of rotatable bonds is 1. The van der Waals surface area contributed by atoms with E-state index in [1.807, 2.05) is 0 Å². The van der Waals surface area contributed by atoms with Gasteiger partial charge in [-0.3, -0.25) is 0 Å². The molecule has 0 spiro atoms. The molecule has 0 radical (unpaired) electrons. The summed E-state index contributed by atoms with van der Waals surface area (Å²) < 4.78 is 0. The summed E-state index contributed by atoms with van der Waals surface area (Å²) >= 11 is 0. The first-order chi connectivity index (χ1) is 2.41. The molecular weight excluding hydrogens is 250 g/mol. The van der Waals surface area contributed by atoms with Crippen molar-refractivity contribution in [2.24, 2.45) is 5.73 Å². The van der Waals surface area contributed by atoms with Crippen LogP contribution >= 0.6 is 0 Å². The van der Waals surface area contributed by atoms with Gasteiger partial charge < -0.3 is 10.5 Å². The topological polar surface area (TPSA) is 43.1 Å². The van der Waals surface area contributed by atoms with Crippen LogP contribution in [0.2, 0.25) is 0 Å². The summed E-state index contributed by atoms with van der Waals surface area (Å²) in [7, 11) is 0. The Balaban J connectivity index is 0. The van der Waals surface area contributed by atoms with Crippen LogP contribution in [0.5, 0.6) is 0 Å². The minimum Gasteiger partial charge on any atom is -0.481 e. The van der Waals surface area contributed by atoms with Gasteiger partial charge in [0.2, 0.25) is 0 Å². The molecule has 2 nitrogen and oxygen atoms in total. The Kier molecular flexibility index (Phi) is 13.8. The largest absolute Gasteiger partial charge is 0.481 e. The third-order valence-electron chi connectivity index (χ3n) is 0.164. The van der Waals surface area contributed by atoms with Gasteiger partial charge in [0.05, 0.1) is 0 Å². The summed E-state index contributed by atoms with van der Waals surface area (Å²) in [5.74, 6) is 0. The van der Waals surface area contributed by atoms with E-state index < -0.39 is 0 Å². The van der Waals surface area contributed by atoms with Crippen LogP contribution in [0, 0.1) is 0 Å². The Hall–Kier alpha value is -0.102. The van der Waals surface area contributed by atoms with Crippen LogP contribution in [-0.4, -0.2) is 6.29 Å². The second-order valence-electron chi connectivity index (χ2n) is 0.477. The van der Waals surface area contributed by atoms with Crippen molar-refractivity contribution in [1.82, 2.24) is 0 Å². The smallest absolute Gasteiger partial charge is 0 e. The van der Waals surface area contributed by atoms with E-state index in [-0.39, 0.29) is 21.1 Å². The second-order valence-corrected chi connectivity index (χ2v) is 0.477. The first kappa shape index (κ1) is 9.31. The van der Waals surface area contributed by atoms with Crippen molar-refractivity contribution in [3.63, 3.8) is 0 Å². The van der Waals surface area contributed by atoms with Gasteiger partial charge >= 0.3 is 0 Å². The summed E-state index contributed by atoms with van der Waals surface area (Å²) in [6, 6.07) is 0. The summed E-state index contributed by atoms with van der Waals surface area (Å²) in [6.07, 6.45) is 3.69. The zero-order chi connectivity index (χ0) is 4.12. The number of nitrogens with two attached hydrogens (primary N) is 1. The van der Waals surface area contributed by atoms with Crippen LogP contribution in [0.25, 0.3) is 0 Å². The normalized spacial score (nSPS) is 7.33. The van der Waals surface area contributed by atoms with E-state index in [0.29, 0.717) is 0 Å². The fourth-order valence-electron chi connectivity index (χ4n) is 0.0393. The van der Waals surface area contributed by atoms with Gasteiger partial charge in [-0.15, -0.1) is 0 Å². The molecule has 34 valence electrons. The maximum atomic E-state index is 9.11. The average molecular weight is 254 g/mol. The molecule has 0 saturated carbocycles. The molecule has 0 bridgehead atoms.